The van der Waals surface area contributed by atoms with E-state index in [4.69, 9.17) is 19.2 Å². The molecule has 1 fully saturated rings. The number of amides is 1. The highest BCUT2D eigenvalue weighted by Crippen LogP contribution is 2.43. The standard InChI is InChI=1S/C37H36N2O5S2/c1-3-19-42-36(41)38-21-26-7-6-8-30(20-26)27-15-17-29(18-16-27)35-43-32(23-45-37-39-31-9-4-5-10-33(31)46-37)24(2)34(44-35)28-13-11-25(22-40)12-14-28/h3-18,20,24,32,34-35,40H,1,19,21-23H2,2H3,(H,38,41)/t24-,32+,34+,35+/m0/s1. The van der Waals surface area contributed by atoms with E-state index >= 15 is 0 Å². The lowest BCUT2D eigenvalue weighted by molar-refractivity contribution is -0.268. The summed E-state index contributed by atoms with van der Waals surface area (Å²) in [5.74, 6) is 0.828. The Labute approximate surface area is 277 Å². The summed E-state index contributed by atoms with van der Waals surface area (Å²) in [6, 6.07) is 32.5. The molecule has 1 aliphatic heterocycles. The molecule has 2 heterocycles. The number of nitrogens with zero attached hydrogens (tertiary/aromatic N) is 1. The monoisotopic (exact) mass is 652 g/mol. The average molecular weight is 653 g/mol. The van der Waals surface area contributed by atoms with Crippen LogP contribution in [-0.4, -0.2) is 34.6 Å². The highest BCUT2D eigenvalue weighted by molar-refractivity contribution is 8.01. The lowest BCUT2D eigenvalue weighted by Crippen LogP contribution is -2.38. The Morgan fingerprint density at radius 3 is 2.52 bits per heavy atom. The summed E-state index contributed by atoms with van der Waals surface area (Å²) in [4.78, 5) is 16.6. The van der Waals surface area contributed by atoms with E-state index in [0.717, 1.165) is 49.0 Å². The first-order valence-electron chi connectivity index (χ1n) is 15.2. The Morgan fingerprint density at radius 1 is 0.978 bits per heavy atom. The van der Waals surface area contributed by atoms with Gasteiger partial charge in [0.2, 0.25) is 0 Å². The molecule has 0 bridgehead atoms. The number of aliphatic hydroxyl groups excluding tert-OH is 1. The highest BCUT2D eigenvalue weighted by Gasteiger charge is 2.38. The zero-order valence-electron chi connectivity index (χ0n) is 25.5. The Morgan fingerprint density at radius 2 is 1.76 bits per heavy atom. The first-order valence-corrected chi connectivity index (χ1v) is 17.0. The predicted octanol–water partition coefficient (Wildman–Crippen LogP) is 8.45. The Hall–Kier alpha value is -3.99. The molecule has 1 aromatic heterocycles. The zero-order chi connectivity index (χ0) is 31.9. The summed E-state index contributed by atoms with van der Waals surface area (Å²) in [5.41, 5.74) is 6.93. The van der Waals surface area contributed by atoms with Crippen LogP contribution in [0.15, 0.2) is 114 Å². The summed E-state index contributed by atoms with van der Waals surface area (Å²) in [5, 5.41) is 12.3. The van der Waals surface area contributed by atoms with E-state index < -0.39 is 12.4 Å². The number of carbonyl (C=O) groups excluding carboxylic acids is 1. The van der Waals surface area contributed by atoms with Crippen LogP contribution in [0.1, 0.15) is 41.6 Å². The van der Waals surface area contributed by atoms with Gasteiger partial charge >= 0.3 is 6.09 Å². The first kappa shape index (κ1) is 32.0. The van der Waals surface area contributed by atoms with E-state index in [1.807, 2.05) is 60.7 Å². The molecule has 1 amide bonds. The molecule has 5 aromatic rings. The molecule has 1 saturated heterocycles. The van der Waals surface area contributed by atoms with Crippen molar-refractivity contribution in [2.24, 2.45) is 5.92 Å². The number of aliphatic hydroxyl groups is 1. The highest BCUT2D eigenvalue weighted by atomic mass is 32.2. The Bertz CT molecular complexity index is 1740. The van der Waals surface area contributed by atoms with Crippen LogP contribution in [0, 0.1) is 5.92 Å². The van der Waals surface area contributed by atoms with Crippen molar-refractivity contribution in [3.05, 3.63) is 132 Å². The number of alkyl carbamates (subject to hydrolysis) is 1. The lowest BCUT2D eigenvalue weighted by Gasteiger charge is -2.41. The molecule has 6 rings (SSSR count). The van der Waals surface area contributed by atoms with Gasteiger partial charge in [-0.2, -0.15) is 0 Å². The molecule has 2 N–H and O–H groups in total. The number of para-hydroxylation sites is 1. The smallest absolute Gasteiger partial charge is 0.407 e. The normalized spacial score (nSPS) is 19.5. The fraction of sp³-hybridized carbons (Fsp3) is 0.243. The minimum absolute atomic E-state index is 0.00255. The van der Waals surface area contributed by atoms with Gasteiger partial charge in [0.1, 0.15) is 6.61 Å². The van der Waals surface area contributed by atoms with Gasteiger partial charge in [-0.05, 0) is 46.0 Å². The Balaban J connectivity index is 1.19. The van der Waals surface area contributed by atoms with Crippen LogP contribution in [0.25, 0.3) is 21.3 Å². The molecule has 1 aliphatic rings. The van der Waals surface area contributed by atoms with Gasteiger partial charge in [-0.1, -0.05) is 110 Å². The van der Waals surface area contributed by atoms with Crippen molar-refractivity contribution < 1.29 is 24.1 Å². The van der Waals surface area contributed by atoms with Crippen LogP contribution >= 0.6 is 23.1 Å². The van der Waals surface area contributed by atoms with Crippen LogP contribution in [0.2, 0.25) is 0 Å². The molecule has 4 aromatic carbocycles. The van der Waals surface area contributed by atoms with Gasteiger partial charge in [0, 0.05) is 23.8 Å². The summed E-state index contributed by atoms with van der Waals surface area (Å²) in [6.45, 7) is 6.27. The van der Waals surface area contributed by atoms with Crippen LogP contribution in [0.4, 0.5) is 4.79 Å². The fourth-order valence-corrected chi connectivity index (χ4v) is 7.69. The van der Waals surface area contributed by atoms with Crippen molar-refractivity contribution >= 4 is 39.4 Å². The number of aromatic nitrogens is 1. The maximum absolute atomic E-state index is 11.8. The van der Waals surface area contributed by atoms with Crippen molar-refractivity contribution in [3.63, 3.8) is 0 Å². The van der Waals surface area contributed by atoms with Crippen LogP contribution in [-0.2, 0) is 27.4 Å². The molecular formula is C37H36N2O5S2. The molecule has 236 valence electrons. The molecule has 46 heavy (non-hydrogen) atoms. The maximum atomic E-state index is 11.8. The minimum atomic E-state index is -0.550. The average Bonchev–Trinajstić information content (AvgIpc) is 3.53. The van der Waals surface area contributed by atoms with Gasteiger partial charge in [0.05, 0.1) is 29.0 Å². The number of ether oxygens (including phenoxy) is 3. The molecule has 0 unspecified atom stereocenters. The lowest BCUT2D eigenvalue weighted by atomic mass is 9.91. The quantitative estimate of drug-likeness (QED) is 0.109. The van der Waals surface area contributed by atoms with E-state index in [1.165, 1.54) is 10.8 Å². The summed E-state index contributed by atoms with van der Waals surface area (Å²) >= 11 is 3.43. The second kappa shape index (κ2) is 15.1. The molecule has 7 nitrogen and oxygen atoms in total. The first-order chi connectivity index (χ1) is 22.5. The van der Waals surface area contributed by atoms with E-state index in [2.05, 4.69) is 55.2 Å². The number of thioether (sulfide) groups is 1. The number of nitrogens with one attached hydrogen (secondary N) is 1. The number of thiazole rings is 1. The number of hydrogen-bond acceptors (Lipinski definition) is 8. The SMILES string of the molecule is C=CCOC(=O)NCc1cccc(-c2ccc([C@@H]3O[C@H](CSc4nc5ccccc5s4)[C@H](C)[C@H](c4ccc(CO)cc4)O3)cc2)c1. The number of fused-ring (bicyclic) bond motifs is 1. The third-order valence-corrected chi connectivity index (χ3v) is 10.2. The fourth-order valence-electron chi connectivity index (χ4n) is 5.43. The second-order valence-corrected chi connectivity index (χ2v) is 13.4. The molecule has 0 aliphatic carbocycles. The van der Waals surface area contributed by atoms with E-state index in [1.54, 1.807) is 23.1 Å². The summed E-state index contributed by atoms with van der Waals surface area (Å²) in [6.07, 6.45) is 0.239. The molecule has 4 atom stereocenters. The molecule has 0 radical (unpaired) electrons. The Kier molecular flexibility index (Phi) is 10.5. The number of carbonyl (C=O) groups is 1. The van der Waals surface area contributed by atoms with Gasteiger partial charge in [-0.15, -0.1) is 11.3 Å². The third kappa shape index (κ3) is 7.68. The number of rotatable bonds is 11. The van der Waals surface area contributed by atoms with Gasteiger partial charge in [-0.3, -0.25) is 0 Å². The minimum Gasteiger partial charge on any atom is -0.445 e. The van der Waals surface area contributed by atoms with Gasteiger partial charge in [-0.25, -0.2) is 9.78 Å². The predicted molar refractivity (Wildman–Crippen MR) is 184 cm³/mol. The summed E-state index contributed by atoms with van der Waals surface area (Å²) < 4.78 is 20.5. The third-order valence-electron chi connectivity index (χ3n) is 7.98. The van der Waals surface area contributed by atoms with Gasteiger partial charge in [0.15, 0.2) is 10.6 Å². The summed E-state index contributed by atoms with van der Waals surface area (Å²) in [7, 11) is 0. The van der Waals surface area contributed by atoms with Crippen molar-refractivity contribution in [2.75, 3.05) is 12.4 Å². The van der Waals surface area contributed by atoms with Crippen molar-refractivity contribution in [1.29, 1.82) is 0 Å². The number of benzene rings is 4. The second-order valence-electron chi connectivity index (χ2n) is 11.1. The van der Waals surface area contributed by atoms with Gasteiger partial charge in [0.25, 0.3) is 0 Å². The zero-order valence-corrected chi connectivity index (χ0v) is 27.1. The van der Waals surface area contributed by atoms with E-state index in [-0.39, 0.29) is 31.3 Å². The topological polar surface area (TPSA) is 89.9 Å². The van der Waals surface area contributed by atoms with E-state index in [9.17, 15) is 9.90 Å². The van der Waals surface area contributed by atoms with Crippen LogP contribution < -0.4 is 5.32 Å². The van der Waals surface area contributed by atoms with Gasteiger partial charge < -0.3 is 24.6 Å². The van der Waals surface area contributed by atoms with Crippen LogP contribution in [0.5, 0.6) is 0 Å². The molecule has 0 spiro atoms. The van der Waals surface area contributed by atoms with Crippen molar-refractivity contribution in [3.8, 4) is 11.1 Å². The number of hydrogen-bond donors (Lipinski definition) is 2. The molecular weight excluding hydrogens is 617 g/mol. The largest absolute Gasteiger partial charge is 0.445 e. The maximum Gasteiger partial charge on any atom is 0.407 e. The van der Waals surface area contributed by atoms with Crippen molar-refractivity contribution in [2.45, 2.75) is 42.9 Å². The molecule has 9 heteroatoms. The van der Waals surface area contributed by atoms with E-state index in [0.29, 0.717) is 6.54 Å². The molecule has 0 saturated carbocycles. The van der Waals surface area contributed by atoms with Crippen molar-refractivity contribution in [1.82, 2.24) is 10.3 Å². The van der Waals surface area contributed by atoms with Crippen LogP contribution in [0.3, 0.4) is 0 Å².